The molecular formula is C19H20N4O5S. The Kier molecular flexibility index (Phi) is 6.55. The van der Waals surface area contributed by atoms with E-state index in [1.807, 2.05) is 6.92 Å². The molecular weight excluding hydrogens is 396 g/mol. The minimum atomic E-state index is -0.473. The molecule has 10 heteroatoms. The maximum atomic E-state index is 12.2. The molecule has 0 N–H and O–H groups in total. The van der Waals surface area contributed by atoms with Gasteiger partial charge in [0.15, 0.2) is 11.7 Å². The zero-order valence-electron chi connectivity index (χ0n) is 16.2. The van der Waals surface area contributed by atoms with Crippen LogP contribution in [0.3, 0.4) is 0 Å². The quantitative estimate of drug-likeness (QED) is 0.515. The minimum absolute atomic E-state index is 0.0280. The maximum Gasteiger partial charge on any atom is 0.338 e. The number of nitrogens with zero attached hydrogens (tertiary/aromatic N) is 4. The van der Waals surface area contributed by atoms with Crippen molar-refractivity contribution >= 4 is 28.3 Å². The van der Waals surface area contributed by atoms with Crippen LogP contribution in [0.2, 0.25) is 0 Å². The minimum Gasteiger partial charge on any atom is -0.485 e. The highest BCUT2D eigenvalue weighted by Gasteiger charge is 2.15. The molecule has 0 saturated carbocycles. The lowest BCUT2D eigenvalue weighted by atomic mass is 10.2. The van der Waals surface area contributed by atoms with Crippen molar-refractivity contribution in [2.24, 2.45) is 0 Å². The van der Waals surface area contributed by atoms with E-state index in [0.717, 1.165) is 0 Å². The van der Waals surface area contributed by atoms with Gasteiger partial charge in [0, 0.05) is 25.8 Å². The van der Waals surface area contributed by atoms with E-state index in [1.54, 1.807) is 41.5 Å². The molecule has 3 aromatic rings. The molecule has 29 heavy (non-hydrogen) atoms. The summed E-state index contributed by atoms with van der Waals surface area (Å²) in [4.78, 5) is 33.8. The van der Waals surface area contributed by atoms with Crippen LogP contribution in [0.4, 0.5) is 5.13 Å². The molecule has 2 heterocycles. The van der Waals surface area contributed by atoms with E-state index in [4.69, 9.17) is 14.0 Å². The first-order valence-corrected chi connectivity index (χ1v) is 9.76. The van der Waals surface area contributed by atoms with Gasteiger partial charge >= 0.3 is 5.97 Å². The Hall–Kier alpha value is -3.27. The van der Waals surface area contributed by atoms with Gasteiger partial charge in [0.25, 0.3) is 0 Å². The lowest BCUT2D eigenvalue weighted by Gasteiger charge is -2.14. The monoisotopic (exact) mass is 416 g/mol. The Morgan fingerprint density at radius 1 is 1.17 bits per heavy atom. The number of hydrogen-bond acceptors (Lipinski definition) is 9. The second kappa shape index (κ2) is 9.28. The van der Waals surface area contributed by atoms with Crippen molar-refractivity contribution in [3.63, 3.8) is 0 Å². The fraction of sp³-hybridized carbons (Fsp3) is 0.316. The Morgan fingerprint density at radius 3 is 2.55 bits per heavy atom. The van der Waals surface area contributed by atoms with Gasteiger partial charge in [-0.3, -0.25) is 9.69 Å². The number of thiazole rings is 1. The van der Waals surface area contributed by atoms with Gasteiger partial charge in [0.05, 0.1) is 11.3 Å². The summed E-state index contributed by atoms with van der Waals surface area (Å²) >= 11 is 1.33. The van der Waals surface area contributed by atoms with Gasteiger partial charge in [-0.1, -0.05) is 5.16 Å². The highest BCUT2D eigenvalue weighted by atomic mass is 32.1. The number of benzene rings is 1. The predicted octanol–water partition coefficient (Wildman–Crippen LogP) is 3.14. The Morgan fingerprint density at radius 2 is 1.93 bits per heavy atom. The lowest BCUT2D eigenvalue weighted by Crippen LogP contribution is -2.27. The highest BCUT2D eigenvalue weighted by molar-refractivity contribution is 7.14. The standard InChI is InChI=1S/C19H20N4O5S/c1-4-23(13(3)24)19-21-15(11-29-19)9-27-18(25)14-5-7-16(8-6-14)26-10-17-20-12(2)28-22-17/h5-8,11H,4,9-10H2,1-3H3. The largest absolute Gasteiger partial charge is 0.485 e. The summed E-state index contributed by atoms with van der Waals surface area (Å²) in [7, 11) is 0. The predicted molar refractivity (Wildman–Crippen MR) is 105 cm³/mol. The van der Waals surface area contributed by atoms with Crippen molar-refractivity contribution in [1.82, 2.24) is 15.1 Å². The third kappa shape index (κ3) is 5.38. The van der Waals surface area contributed by atoms with Crippen LogP contribution in [-0.2, 0) is 22.7 Å². The van der Waals surface area contributed by atoms with Gasteiger partial charge in [-0.15, -0.1) is 11.3 Å². The molecule has 9 nitrogen and oxygen atoms in total. The average Bonchev–Trinajstić information content (AvgIpc) is 3.34. The van der Waals surface area contributed by atoms with Crippen LogP contribution in [0.15, 0.2) is 34.2 Å². The lowest BCUT2D eigenvalue weighted by molar-refractivity contribution is -0.116. The Labute approximate surface area is 171 Å². The van der Waals surface area contributed by atoms with E-state index < -0.39 is 5.97 Å². The zero-order chi connectivity index (χ0) is 20.8. The van der Waals surface area contributed by atoms with Crippen molar-refractivity contribution < 1.29 is 23.6 Å². The van der Waals surface area contributed by atoms with Crippen molar-refractivity contribution in [3.05, 3.63) is 52.6 Å². The molecule has 0 aliphatic carbocycles. The molecule has 1 aromatic carbocycles. The van der Waals surface area contributed by atoms with Crippen LogP contribution in [0.5, 0.6) is 5.75 Å². The number of rotatable bonds is 8. The van der Waals surface area contributed by atoms with Crippen LogP contribution in [0, 0.1) is 6.92 Å². The summed E-state index contributed by atoms with van der Waals surface area (Å²) in [6, 6.07) is 6.55. The molecule has 2 aromatic heterocycles. The smallest absolute Gasteiger partial charge is 0.338 e. The van der Waals surface area contributed by atoms with Crippen molar-refractivity contribution in [2.75, 3.05) is 11.4 Å². The SMILES string of the molecule is CCN(C(C)=O)c1nc(COC(=O)c2ccc(OCc3noc(C)n3)cc2)cs1. The van der Waals surface area contributed by atoms with E-state index in [1.165, 1.54) is 18.3 Å². The van der Waals surface area contributed by atoms with Gasteiger partial charge in [-0.25, -0.2) is 9.78 Å². The van der Waals surface area contributed by atoms with Gasteiger partial charge in [0.2, 0.25) is 17.6 Å². The molecule has 0 spiro atoms. The van der Waals surface area contributed by atoms with E-state index in [-0.39, 0.29) is 19.1 Å². The Balaban J connectivity index is 1.52. The fourth-order valence-electron chi connectivity index (χ4n) is 2.44. The van der Waals surface area contributed by atoms with E-state index in [9.17, 15) is 9.59 Å². The first-order valence-electron chi connectivity index (χ1n) is 8.88. The summed E-state index contributed by atoms with van der Waals surface area (Å²) in [6.07, 6.45) is 0. The number of amides is 1. The molecule has 0 unspecified atom stereocenters. The van der Waals surface area contributed by atoms with Gasteiger partial charge in [-0.05, 0) is 31.2 Å². The van der Waals surface area contributed by atoms with Crippen LogP contribution < -0.4 is 9.64 Å². The molecule has 3 rings (SSSR count). The van der Waals surface area contributed by atoms with Gasteiger partial charge < -0.3 is 14.0 Å². The van der Waals surface area contributed by atoms with Crippen LogP contribution in [-0.4, -0.2) is 33.5 Å². The van der Waals surface area contributed by atoms with Crippen molar-refractivity contribution in [3.8, 4) is 5.75 Å². The normalized spacial score (nSPS) is 10.6. The summed E-state index contributed by atoms with van der Waals surface area (Å²) in [6.45, 7) is 5.79. The van der Waals surface area contributed by atoms with Crippen LogP contribution in [0.1, 0.15) is 41.6 Å². The van der Waals surface area contributed by atoms with Crippen LogP contribution in [0.25, 0.3) is 0 Å². The summed E-state index contributed by atoms with van der Waals surface area (Å²) in [5, 5.41) is 6.10. The van der Waals surface area contributed by atoms with E-state index >= 15 is 0 Å². The number of anilines is 1. The fourth-order valence-corrected chi connectivity index (χ4v) is 3.35. The topological polar surface area (TPSA) is 108 Å². The van der Waals surface area contributed by atoms with Gasteiger partial charge in [-0.2, -0.15) is 4.98 Å². The number of aryl methyl sites for hydroxylation is 1. The molecule has 0 aliphatic heterocycles. The summed E-state index contributed by atoms with van der Waals surface area (Å²) in [5.74, 6) is 0.927. The molecule has 0 aliphatic rings. The molecule has 0 radical (unpaired) electrons. The number of carbonyl (C=O) groups excluding carboxylic acids is 2. The number of hydrogen-bond donors (Lipinski definition) is 0. The maximum absolute atomic E-state index is 12.2. The third-order valence-corrected chi connectivity index (χ3v) is 4.76. The molecule has 0 saturated heterocycles. The first-order chi connectivity index (χ1) is 14.0. The first kappa shape index (κ1) is 20.5. The highest BCUT2D eigenvalue weighted by Crippen LogP contribution is 2.21. The number of aromatic nitrogens is 3. The van der Waals surface area contributed by atoms with Crippen molar-refractivity contribution in [2.45, 2.75) is 34.0 Å². The zero-order valence-corrected chi connectivity index (χ0v) is 17.1. The summed E-state index contributed by atoms with van der Waals surface area (Å²) < 4.78 is 15.7. The third-order valence-electron chi connectivity index (χ3n) is 3.85. The van der Waals surface area contributed by atoms with E-state index in [2.05, 4.69) is 15.1 Å². The van der Waals surface area contributed by atoms with Crippen LogP contribution >= 0.6 is 11.3 Å². The van der Waals surface area contributed by atoms with E-state index in [0.29, 0.717) is 40.4 Å². The second-order valence-corrected chi connectivity index (χ2v) is 6.84. The molecule has 1 amide bonds. The molecule has 0 atom stereocenters. The average molecular weight is 416 g/mol. The number of carbonyl (C=O) groups is 2. The molecule has 152 valence electrons. The number of ether oxygens (including phenoxy) is 2. The summed E-state index contributed by atoms with van der Waals surface area (Å²) in [5.41, 5.74) is 0.982. The Bertz CT molecular complexity index is 983. The second-order valence-electron chi connectivity index (χ2n) is 6.00. The van der Waals surface area contributed by atoms with Crippen molar-refractivity contribution in [1.29, 1.82) is 0 Å². The molecule has 0 bridgehead atoms. The molecule has 0 fully saturated rings. The van der Waals surface area contributed by atoms with Gasteiger partial charge in [0.1, 0.15) is 12.4 Å². The number of esters is 1.